The Kier molecular flexibility index (Phi) is 6.63. The van der Waals surface area contributed by atoms with Crippen LogP contribution in [0.4, 0.5) is 0 Å². The number of hydrogen-bond donors (Lipinski definition) is 2. The fourth-order valence-corrected chi connectivity index (χ4v) is 3.04. The van der Waals surface area contributed by atoms with E-state index in [1.807, 2.05) is 73.7 Å². The largest absolute Gasteiger partial charge is 0.494 e. The quantitative estimate of drug-likeness (QED) is 0.634. The first-order valence-corrected chi connectivity index (χ1v) is 9.37. The number of nitrogens with one attached hydrogen (secondary N) is 2. The first-order chi connectivity index (χ1) is 13.7. The lowest BCUT2D eigenvalue weighted by Gasteiger charge is -2.09. The van der Waals surface area contributed by atoms with Gasteiger partial charge in [0.1, 0.15) is 5.75 Å². The van der Waals surface area contributed by atoms with Gasteiger partial charge in [0.05, 0.1) is 19.6 Å². The summed E-state index contributed by atoms with van der Waals surface area (Å²) < 4.78 is 5.45. The highest BCUT2D eigenvalue weighted by Crippen LogP contribution is 2.18. The van der Waals surface area contributed by atoms with Crippen LogP contribution < -0.4 is 15.4 Å². The lowest BCUT2D eigenvalue weighted by Crippen LogP contribution is -2.37. The van der Waals surface area contributed by atoms with Crippen molar-refractivity contribution in [2.24, 2.45) is 0 Å². The summed E-state index contributed by atoms with van der Waals surface area (Å²) in [5, 5.41) is 7.65. The maximum Gasteiger partial charge on any atom is 0.239 e. The Bertz CT molecular complexity index is 963. The highest BCUT2D eigenvalue weighted by Gasteiger charge is 2.09. The third-order valence-corrected chi connectivity index (χ3v) is 4.38. The molecule has 0 aromatic heterocycles. The van der Waals surface area contributed by atoms with Crippen LogP contribution in [0.3, 0.4) is 0 Å². The van der Waals surface area contributed by atoms with Gasteiger partial charge in [-0.3, -0.25) is 9.59 Å². The molecule has 0 fully saturated rings. The van der Waals surface area contributed by atoms with Gasteiger partial charge in [0.15, 0.2) is 0 Å². The Balaban J connectivity index is 1.48. The van der Waals surface area contributed by atoms with E-state index in [0.717, 1.165) is 27.6 Å². The number of hydrogen-bond acceptors (Lipinski definition) is 3. The standard InChI is InChI=1S/C23H24N2O3/c1-2-28-20-11-5-7-17(13-20)15-24-23(27)16-25-22(26)14-19-10-6-9-18-8-3-4-12-21(18)19/h3-13H,2,14-16H2,1H3,(H,24,27)(H,25,26). The van der Waals surface area contributed by atoms with Gasteiger partial charge in [-0.15, -0.1) is 0 Å². The molecule has 2 N–H and O–H groups in total. The van der Waals surface area contributed by atoms with Gasteiger partial charge in [0.25, 0.3) is 0 Å². The van der Waals surface area contributed by atoms with Crippen molar-refractivity contribution in [1.82, 2.24) is 10.6 Å². The molecule has 0 aliphatic rings. The minimum absolute atomic E-state index is 0.0469. The zero-order valence-corrected chi connectivity index (χ0v) is 15.9. The summed E-state index contributed by atoms with van der Waals surface area (Å²) in [5.74, 6) is 0.371. The molecule has 5 heteroatoms. The second-order valence-electron chi connectivity index (χ2n) is 6.45. The molecule has 3 aromatic carbocycles. The van der Waals surface area contributed by atoms with Gasteiger partial charge in [-0.2, -0.15) is 0 Å². The molecule has 0 aliphatic heterocycles. The zero-order valence-electron chi connectivity index (χ0n) is 15.9. The number of rotatable bonds is 8. The predicted molar refractivity (Wildman–Crippen MR) is 110 cm³/mol. The van der Waals surface area contributed by atoms with Gasteiger partial charge in [0.2, 0.25) is 11.8 Å². The van der Waals surface area contributed by atoms with Crippen LogP contribution in [0.15, 0.2) is 66.7 Å². The fraction of sp³-hybridized carbons (Fsp3) is 0.217. The van der Waals surface area contributed by atoms with Crippen molar-refractivity contribution in [3.05, 3.63) is 77.9 Å². The average molecular weight is 376 g/mol. The number of ether oxygens (including phenoxy) is 1. The molecule has 28 heavy (non-hydrogen) atoms. The molecule has 0 bridgehead atoms. The maximum absolute atomic E-state index is 12.2. The van der Waals surface area contributed by atoms with Crippen LogP contribution in [0.5, 0.6) is 5.75 Å². The number of fused-ring (bicyclic) bond motifs is 1. The van der Waals surface area contributed by atoms with Crippen molar-refractivity contribution in [1.29, 1.82) is 0 Å². The van der Waals surface area contributed by atoms with Gasteiger partial charge in [0, 0.05) is 6.54 Å². The number of carbonyl (C=O) groups is 2. The van der Waals surface area contributed by atoms with Crippen molar-refractivity contribution < 1.29 is 14.3 Å². The highest BCUT2D eigenvalue weighted by molar-refractivity contribution is 5.91. The van der Waals surface area contributed by atoms with E-state index < -0.39 is 0 Å². The Morgan fingerprint density at radius 3 is 2.54 bits per heavy atom. The summed E-state index contributed by atoms with van der Waals surface area (Å²) in [7, 11) is 0. The van der Waals surface area contributed by atoms with Gasteiger partial charge >= 0.3 is 0 Å². The van der Waals surface area contributed by atoms with E-state index in [1.54, 1.807) is 0 Å². The van der Waals surface area contributed by atoms with Crippen molar-refractivity contribution in [2.75, 3.05) is 13.2 Å². The molecule has 144 valence electrons. The normalized spacial score (nSPS) is 10.5. The second kappa shape index (κ2) is 9.55. The van der Waals surface area contributed by atoms with E-state index in [2.05, 4.69) is 10.6 Å². The van der Waals surface area contributed by atoms with Gasteiger partial charge in [-0.25, -0.2) is 0 Å². The molecule has 0 unspecified atom stereocenters. The first-order valence-electron chi connectivity index (χ1n) is 9.37. The van der Waals surface area contributed by atoms with Crippen LogP contribution in [0, 0.1) is 0 Å². The first kappa shape index (κ1) is 19.4. The third-order valence-electron chi connectivity index (χ3n) is 4.38. The Hall–Kier alpha value is -3.34. The molecule has 0 saturated heterocycles. The summed E-state index contributed by atoms with van der Waals surface area (Å²) in [6.45, 7) is 2.86. The minimum Gasteiger partial charge on any atom is -0.494 e. The molecule has 5 nitrogen and oxygen atoms in total. The molecule has 0 atom stereocenters. The molecular weight excluding hydrogens is 352 g/mol. The summed E-state index contributed by atoms with van der Waals surface area (Å²) >= 11 is 0. The van der Waals surface area contributed by atoms with Gasteiger partial charge < -0.3 is 15.4 Å². The van der Waals surface area contributed by atoms with Crippen LogP contribution in [0.1, 0.15) is 18.1 Å². The molecule has 0 heterocycles. The topological polar surface area (TPSA) is 67.4 Å². The summed E-state index contributed by atoms with van der Waals surface area (Å²) in [4.78, 5) is 24.3. The van der Waals surface area contributed by atoms with Crippen LogP contribution in [-0.4, -0.2) is 25.0 Å². The highest BCUT2D eigenvalue weighted by atomic mass is 16.5. The lowest BCUT2D eigenvalue weighted by molar-refractivity contribution is -0.125. The average Bonchev–Trinajstić information content (AvgIpc) is 2.72. The summed E-state index contributed by atoms with van der Waals surface area (Å²) in [6.07, 6.45) is 0.241. The van der Waals surface area contributed by atoms with E-state index in [4.69, 9.17) is 4.74 Å². The van der Waals surface area contributed by atoms with E-state index in [0.29, 0.717) is 13.2 Å². The van der Waals surface area contributed by atoms with Crippen LogP contribution in [0.2, 0.25) is 0 Å². The summed E-state index contributed by atoms with van der Waals surface area (Å²) in [5.41, 5.74) is 1.89. The molecule has 3 aromatic rings. The Morgan fingerprint density at radius 1 is 0.893 bits per heavy atom. The molecular formula is C23H24N2O3. The zero-order chi connectivity index (χ0) is 19.8. The molecule has 2 amide bonds. The van der Waals surface area contributed by atoms with E-state index in [9.17, 15) is 9.59 Å². The lowest BCUT2D eigenvalue weighted by atomic mass is 10.0. The van der Waals surface area contributed by atoms with Crippen LogP contribution in [0.25, 0.3) is 10.8 Å². The summed E-state index contributed by atoms with van der Waals surface area (Å²) in [6, 6.07) is 21.4. The minimum atomic E-state index is -0.229. The SMILES string of the molecule is CCOc1cccc(CNC(=O)CNC(=O)Cc2cccc3ccccc23)c1. The number of amides is 2. The Morgan fingerprint density at radius 2 is 1.68 bits per heavy atom. The molecule has 0 spiro atoms. The van der Waals surface area contributed by atoms with Gasteiger partial charge in [-0.1, -0.05) is 54.6 Å². The molecule has 3 rings (SSSR count). The van der Waals surface area contributed by atoms with Crippen molar-refractivity contribution in [2.45, 2.75) is 19.9 Å². The van der Waals surface area contributed by atoms with E-state index in [-0.39, 0.29) is 24.8 Å². The number of carbonyl (C=O) groups excluding carboxylic acids is 2. The molecule has 0 aliphatic carbocycles. The number of benzene rings is 3. The molecule has 0 radical (unpaired) electrons. The smallest absolute Gasteiger partial charge is 0.239 e. The van der Waals surface area contributed by atoms with Crippen molar-refractivity contribution >= 4 is 22.6 Å². The van der Waals surface area contributed by atoms with Gasteiger partial charge in [-0.05, 0) is 41.0 Å². The second-order valence-corrected chi connectivity index (χ2v) is 6.45. The molecule has 0 saturated carbocycles. The van der Waals surface area contributed by atoms with Crippen molar-refractivity contribution in [3.8, 4) is 5.75 Å². The fourth-order valence-electron chi connectivity index (χ4n) is 3.04. The van der Waals surface area contributed by atoms with Crippen LogP contribution >= 0.6 is 0 Å². The van der Waals surface area contributed by atoms with E-state index >= 15 is 0 Å². The van der Waals surface area contributed by atoms with Crippen LogP contribution in [-0.2, 0) is 22.6 Å². The maximum atomic E-state index is 12.2. The van der Waals surface area contributed by atoms with Crippen molar-refractivity contribution in [3.63, 3.8) is 0 Å². The predicted octanol–water partition coefficient (Wildman–Crippen LogP) is 3.21. The van der Waals surface area contributed by atoms with E-state index in [1.165, 1.54) is 0 Å². The Labute approximate surface area is 164 Å². The monoisotopic (exact) mass is 376 g/mol. The third kappa shape index (κ3) is 5.33.